The summed E-state index contributed by atoms with van der Waals surface area (Å²) in [6.07, 6.45) is 0. The zero-order chi connectivity index (χ0) is 21.4. The minimum Gasteiger partial charge on any atom is -0.337 e. The van der Waals surface area contributed by atoms with Gasteiger partial charge in [-0.15, -0.1) is 0 Å². The van der Waals surface area contributed by atoms with Gasteiger partial charge in [0.1, 0.15) is 11.9 Å². The summed E-state index contributed by atoms with van der Waals surface area (Å²) < 4.78 is 13.9. The van der Waals surface area contributed by atoms with E-state index in [0.29, 0.717) is 11.1 Å². The Morgan fingerprint density at radius 3 is 1.90 bits per heavy atom. The van der Waals surface area contributed by atoms with E-state index in [-0.39, 0.29) is 37.6 Å². The molecular formula is C22H20FN3O4. The molecule has 0 saturated carbocycles. The molecule has 0 spiro atoms. The van der Waals surface area contributed by atoms with Crippen LogP contribution in [0, 0.1) is 5.82 Å². The summed E-state index contributed by atoms with van der Waals surface area (Å²) in [7, 11) is 0. The lowest BCUT2D eigenvalue weighted by molar-refractivity contribution is -0.136. The number of amides is 4. The molecule has 2 aromatic rings. The Labute approximate surface area is 172 Å². The Bertz CT molecular complexity index is 1010. The first kappa shape index (κ1) is 19.8. The molecule has 154 valence electrons. The lowest BCUT2D eigenvalue weighted by Gasteiger charge is -2.37. The lowest BCUT2D eigenvalue weighted by atomic mass is 10.1. The zero-order valence-electron chi connectivity index (χ0n) is 16.4. The number of piperazine rings is 1. The van der Waals surface area contributed by atoms with Crippen LogP contribution < -0.4 is 0 Å². The Hall–Kier alpha value is -3.55. The highest BCUT2D eigenvalue weighted by atomic mass is 19.1. The van der Waals surface area contributed by atoms with Crippen LogP contribution in [0.25, 0.3) is 0 Å². The number of carbonyl (C=O) groups is 4. The number of nitrogens with zero attached hydrogens (tertiary/aromatic N) is 3. The number of hydrogen-bond donors (Lipinski definition) is 0. The SMILES string of the molecule is CC(C(=O)N1CCN(C(=O)c2ccccc2F)CC1)N1C(=O)c2ccccc2C1=O. The first-order chi connectivity index (χ1) is 14.4. The maximum atomic E-state index is 13.9. The van der Waals surface area contributed by atoms with Gasteiger partial charge in [0.05, 0.1) is 16.7 Å². The van der Waals surface area contributed by atoms with Crippen molar-refractivity contribution in [3.05, 3.63) is 71.0 Å². The van der Waals surface area contributed by atoms with Crippen molar-refractivity contribution in [3.8, 4) is 0 Å². The fraction of sp³-hybridized carbons (Fsp3) is 0.273. The molecular weight excluding hydrogens is 389 g/mol. The van der Waals surface area contributed by atoms with E-state index in [9.17, 15) is 23.6 Å². The third-order valence-corrected chi connectivity index (χ3v) is 5.55. The van der Waals surface area contributed by atoms with Crippen molar-refractivity contribution >= 4 is 23.6 Å². The van der Waals surface area contributed by atoms with Gasteiger partial charge in [-0.2, -0.15) is 0 Å². The van der Waals surface area contributed by atoms with E-state index in [1.165, 1.54) is 34.9 Å². The fourth-order valence-corrected chi connectivity index (χ4v) is 3.87. The average molecular weight is 409 g/mol. The van der Waals surface area contributed by atoms with Gasteiger partial charge in [-0.05, 0) is 31.2 Å². The Balaban J connectivity index is 1.41. The molecule has 1 unspecified atom stereocenters. The summed E-state index contributed by atoms with van der Waals surface area (Å²) in [4.78, 5) is 54.7. The molecule has 0 radical (unpaired) electrons. The summed E-state index contributed by atoms with van der Waals surface area (Å²) in [5.41, 5.74) is 0.585. The number of benzene rings is 2. The number of halogens is 1. The van der Waals surface area contributed by atoms with Crippen LogP contribution in [-0.2, 0) is 4.79 Å². The lowest BCUT2D eigenvalue weighted by Crippen LogP contribution is -2.56. The van der Waals surface area contributed by atoms with Gasteiger partial charge in [0.2, 0.25) is 5.91 Å². The van der Waals surface area contributed by atoms with Crippen LogP contribution in [0.2, 0.25) is 0 Å². The minimum absolute atomic E-state index is 0.00308. The second kappa shape index (κ2) is 7.70. The summed E-state index contributed by atoms with van der Waals surface area (Å²) in [6.45, 7) is 2.50. The molecule has 0 bridgehead atoms. The summed E-state index contributed by atoms with van der Waals surface area (Å²) in [5.74, 6) is -2.33. The van der Waals surface area contributed by atoms with Gasteiger partial charge in [-0.1, -0.05) is 24.3 Å². The highest BCUT2D eigenvalue weighted by Crippen LogP contribution is 2.25. The summed E-state index contributed by atoms with van der Waals surface area (Å²) >= 11 is 0. The van der Waals surface area contributed by atoms with E-state index >= 15 is 0 Å². The maximum Gasteiger partial charge on any atom is 0.262 e. The second-order valence-electron chi connectivity index (χ2n) is 7.30. The van der Waals surface area contributed by atoms with Gasteiger partial charge in [-0.25, -0.2) is 4.39 Å². The number of fused-ring (bicyclic) bond motifs is 1. The minimum atomic E-state index is -0.953. The standard InChI is InChI=1S/C22H20FN3O4/c1-14(26-21(29)15-6-2-3-7-16(15)22(26)30)19(27)24-10-12-25(13-11-24)20(28)17-8-4-5-9-18(17)23/h2-9,14H,10-13H2,1H3. The largest absolute Gasteiger partial charge is 0.337 e. The van der Waals surface area contributed by atoms with E-state index in [0.717, 1.165) is 4.90 Å². The normalized spacial score (nSPS) is 17.2. The van der Waals surface area contributed by atoms with Gasteiger partial charge >= 0.3 is 0 Å². The van der Waals surface area contributed by atoms with Crippen LogP contribution in [0.15, 0.2) is 48.5 Å². The summed E-state index contributed by atoms with van der Waals surface area (Å²) in [5, 5.41) is 0. The predicted molar refractivity (Wildman–Crippen MR) is 105 cm³/mol. The second-order valence-corrected chi connectivity index (χ2v) is 7.30. The molecule has 0 aliphatic carbocycles. The molecule has 0 aromatic heterocycles. The molecule has 7 nitrogen and oxygen atoms in total. The first-order valence-electron chi connectivity index (χ1n) is 9.69. The van der Waals surface area contributed by atoms with Gasteiger partial charge in [0, 0.05) is 26.2 Å². The van der Waals surface area contributed by atoms with E-state index < -0.39 is 29.6 Å². The van der Waals surface area contributed by atoms with Gasteiger partial charge in [-0.3, -0.25) is 24.1 Å². The molecule has 30 heavy (non-hydrogen) atoms. The Kier molecular flexibility index (Phi) is 5.07. The Morgan fingerprint density at radius 2 is 1.33 bits per heavy atom. The zero-order valence-corrected chi connectivity index (χ0v) is 16.4. The molecule has 2 aromatic carbocycles. The van der Waals surface area contributed by atoms with Gasteiger partial charge in [0.25, 0.3) is 17.7 Å². The molecule has 1 saturated heterocycles. The van der Waals surface area contributed by atoms with Crippen molar-refractivity contribution < 1.29 is 23.6 Å². The molecule has 8 heteroatoms. The molecule has 0 N–H and O–H groups in total. The first-order valence-corrected chi connectivity index (χ1v) is 9.69. The quantitative estimate of drug-likeness (QED) is 0.725. The van der Waals surface area contributed by atoms with Crippen LogP contribution in [0.1, 0.15) is 38.0 Å². The van der Waals surface area contributed by atoms with E-state index in [1.807, 2.05) is 0 Å². The number of hydrogen-bond acceptors (Lipinski definition) is 4. The molecule has 2 aliphatic heterocycles. The number of rotatable bonds is 3. The molecule has 1 fully saturated rings. The van der Waals surface area contributed by atoms with E-state index in [2.05, 4.69) is 0 Å². The van der Waals surface area contributed by atoms with Crippen molar-refractivity contribution in [3.63, 3.8) is 0 Å². The molecule has 4 rings (SSSR count). The maximum absolute atomic E-state index is 13.9. The summed E-state index contributed by atoms with van der Waals surface area (Å²) in [6, 6.07) is 11.3. The number of imide groups is 1. The van der Waals surface area contributed by atoms with Crippen LogP contribution in [0.5, 0.6) is 0 Å². The van der Waals surface area contributed by atoms with Gasteiger partial charge < -0.3 is 9.80 Å². The molecule has 4 amide bonds. The van der Waals surface area contributed by atoms with Crippen molar-refractivity contribution in [2.75, 3.05) is 26.2 Å². The van der Waals surface area contributed by atoms with Crippen molar-refractivity contribution in [2.45, 2.75) is 13.0 Å². The van der Waals surface area contributed by atoms with E-state index in [4.69, 9.17) is 0 Å². The van der Waals surface area contributed by atoms with Crippen molar-refractivity contribution in [1.29, 1.82) is 0 Å². The van der Waals surface area contributed by atoms with E-state index in [1.54, 1.807) is 30.3 Å². The monoisotopic (exact) mass is 409 g/mol. The molecule has 2 heterocycles. The van der Waals surface area contributed by atoms with Crippen LogP contribution in [0.3, 0.4) is 0 Å². The highest BCUT2D eigenvalue weighted by molar-refractivity contribution is 6.22. The average Bonchev–Trinajstić information content (AvgIpc) is 3.03. The topological polar surface area (TPSA) is 78.0 Å². The van der Waals surface area contributed by atoms with Crippen molar-refractivity contribution in [1.82, 2.24) is 14.7 Å². The van der Waals surface area contributed by atoms with Crippen LogP contribution in [0.4, 0.5) is 4.39 Å². The third kappa shape index (κ3) is 3.24. The third-order valence-electron chi connectivity index (χ3n) is 5.55. The Morgan fingerprint density at radius 1 is 0.833 bits per heavy atom. The molecule has 1 atom stereocenters. The smallest absolute Gasteiger partial charge is 0.262 e. The molecule has 2 aliphatic rings. The predicted octanol–water partition coefficient (Wildman–Crippen LogP) is 1.79. The van der Waals surface area contributed by atoms with Crippen molar-refractivity contribution in [2.24, 2.45) is 0 Å². The van der Waals surface area contributed by atoms with Crippen LogP contribution in [-0.4, -0.2) is 70.5 Å². The van der Waals surface area contributed by atoms with Gasteiger partial charge in [0.15, 0.2) is 0 Å². The highest BCUT2D eigenvalue weighted by Gasteiger charge is 2.42. The van der Waals surface area contributed by atoms with Crippen LogP contribution >= 0.6 is 0 Å². The fourth-order valence-electron chi connectivity index (χ4n) is 3.87. The number of carbonyl (C=O) groups excluding carboxylic acids is 4.